The number of hydrogen-bond acceptors (Lipinski definition) is 4. The summed E-state index contributed by atoms with van der Waals surface area (Å²) < 4.78 is 11.4. The average molecular weight is 500 g/mol. The molecule has 2 atom stereocenters. The summed E-state index contributed by atoms with van der Waals surface area (Å²) in [5.74, 6) is 1.16. The number of carbonyl (C=O) groups excluding carboxylic acids is 2. The van der Waals surface area contributed by atoms with Gasteiger partial charge in [0.2, 0.25) is 11.8 Å². The molecule has 0 radical (unpaired) electrons. The lowest BCUT2D eigenvalue weighted by atomic mass is 9.85. The van der Waals surface area contributed by atoms with E-state index in [-0.39, 0.29) is 18.4 Å². The van der Waals surface area contributed by atoms with E-state index in [2.05, 4.69) is 17.1 Å². The number of benzene rings is 2. The van der Waals surface area contributed by atoms with Crippen LogP contribution in [0.2, 0.25) is 0 Å². The third-order valence-electron chi connectivity index (χ3n) is 8.16. The fourth-order valence-electron chi connectivity index (χ4n) is 6.37. The molecule has 7 nitrogen and oxygen atoms in total. The van der Waals surface area contributed by atoms with Gasteiger partial charge in [-0.15, -0.1) is 0 Å². The van der Waals surface area contributed by atoms with Crippen LogP contribution in [0.3, 0.4) is 0 Å². The van der Waals surface area contributed by atoms with E-state index in [0.717, 1.165) is 47.0 Å². The summed E-state index contributed by atoms with van der Waals surface area (Å²) in [6, 6.07) is 12.8. The Balaban J connectivity index is 1.43. The SMILES string of the molecule is COc1cccc(C2c3[nH]c4ccccc4c3C[C@@H]3C(=O)N(CCC4=CCCCC4)CC(=O)N23)c1OC. The maximum atomic E-state index is 13.9. The molecule has 1 aromatic heterocycles. The largest absolute Gasteiger partial charge is 0.493 e. The summed E-state index contributed by atoms with van der Waals surface area (Å²) in [6.45, 7) is 0.690. The maximum absolute atomic E-state index is 13.9. The van der Waals surface area contributed by atoms with Gasteiger partial charge in [0.05, 0.1) is 20.8 Å². The number of H-pyrrole nitrogens is 1. The van der Waals surface area contributed by atoms with Crippen LogP contribution in [0.25, 0.3) is 10.9 Å². The number of aromatic amines is 1. The predicted octanol–water partition coefficient (Wildman–Crippen LogP) is 4.76. The first-order valence-corrected chi connectivity index (χ1v) is 13.2. The Morgan fingerprint density at radius 3 is 2.68 bits per heavy atom. The smallest absolute Gasteiger partial charge is 0.246 e. The van der Waals surface area contributed by atoms with Gasteiger partial charge in [-0.1, -0.05) is 42.0 Å². The van der Waals surface area contributed by atoms with Crippen LogP contribution in [0.5, 0.6) is 11.5 Å². The number of methoxy groups -OCH3 is 2. The number of nitrogens with one attached hydrogen (secondary N) is 1. The van der Waals surface area contributed by atoms with Gasteiger partial charge in [0.1, 0.15) is 12.1 Å². The Morgan fingerprint density at radius 1 is 1.03 bits per heavy atom. The van der Waals surface area contributed by atoms with Crippen LogP contribution in [-0.2, 0) is 16.0 Å². The highest BCUT2D eigenvalue weighted by Gasteiger charge is 2.49. The van der Waals surface area contributed by atoms with Gasteiger partial charge in [-0.25, -0.2) is 0 Å². The van der Waals surface area contributed by atoms with Crippen LogP contribution in [0.4, 0.5) is 0 Å². The van der Waals surface area contributed by atoms with Crippen molar-refractivity contribution in [2.45, 2.75) is 50.6 Å². The Bertz CT molecular complexity index is 1390. The summed E-state index contributed by atoms with van der Waals surface area (Å²) in [4.78, 5) is 34.9. The Morgan fingerprint density at radius 2 is 1.89 bits per heavy atom. The van der Waals surface area contributed by atoms with Crippen LogP contribution in [0.15, 0.2) is 54.1 Å². The first kappa shape index (κ1) is 23.6. The summed E-state index contributed by atoms with van der Waals surface area (Å²) in [7, 11) is 3.22. The molecule has 1 saturated heterocycles. The highest BCUT2D eigenvalue weighted by molar-refractivity contribution is 5.97. The predicted molar refractivity (Wildman–Crippen MR) is 142 cm³/mol. The number of para-hydroxylation sites is 2. The molecule has 37 heavy (non-hydrogen) atoms. The minimum atomic E-state index is -0.561. The molecule has 2 aromatic carbocycles. The third-order valence-corrected chi connectivity index (χ3v) is 8.16. The van der Waals surface area contributed by atoms with Crippen molar-refractivity contribution in [3.05, 3.63) is 70.9 Å². The standard InChI is InChI=1S/C30H33N3O4/c1-36-25-14-8-12-21(29(25)37-2)28-27-22(20-11-6-7-13-23(20)31-27)17-24-30(35)32(18-26(34)33(24)28)16-15-19-9-4-3-5-10-19/h6-9,11-14,24,28,31H,3-5,10,15-18H2,1-2H3/t24-,28?/m1/s1. The van der Waals surface area contributed by atoms with Gasteiger partial charge in [-0.2, -0.15) is 0 Å². The number of hydrogen-bond donors (Lipinski definition) is 1. The van der Waals surface area contributed by atoms with E-state index >= 15 is 0 Å². The molecule has 1 N–H and O–H groups in total. The number of fused-ring (bicyclic) bond motifs is 4. The van der Waals surface area contributed by atoms with E-state index in [1.165, 1.54) is 18.4 Å². The lowest BCUT2D eigenvalue weighted by molar-refractivity contribution is -0.158. The monoisotopic (exact) mass is 499 g/mol. The van der Waals surface area contributed by atoms with E-state index in [4.69, 9.17) is 9.47 Å². The quantitative estimate of drug-likeness (QED) is 0.496. The molecule has 2 aliphatic heterocycles. The van der Waals surface area contributed by atoms with E-state index in [1.54, 1.807) is 24.0 Å². The van der Waals surface area contributed by atoms with Crippen molar-refractivity contribution in [2.75, 3.05) is 27.3 Å². The van der Waals surface area contributed by atoms with Gasteiger partial charge >= 0.3 is 0 Å². The van der Waals surface area contributed by atoms with Gasteiger partial charge < -0.3 is 24.3 Å². The van der Waals surface area contributed by atoms with Crippen LogP contribution in [0, 0.1) is 0 Å². The van der Waals surface area contributed by atoms with Crippen LogP contribution in [0.1, 0.15) is 55.0 Å². The second-order valence-electron chi connectivity index (χ2n) is 10.2. The van der Waals surface area contributed by atoms with Gasteiger partial charge in [0.15, 0.2) is 11.5 Å². The molecular formula is C30H33N3O4. The number of allylic oxidation sites excluding steroid dienone is 1. The lowest BCUT2D eigenvalue weighted by Gasteiger charge is -2.47. The number of amides is 2. The molecule has 192 valence electrons. The topological polar surface area (TPSA) is 74.9 Å². The minimum Gasteiger partial charge on any atom is -0.493 e. The van der Waals surface area contributed by atoms with E-state index < -0.39 is 12.1 Å². The molecule has 3 aromatic rings. The molecule has 2 amide bonds. The van der Waals surface area contributed by atoms with Crippen LogP contribution < -0.4 is 9.47 Å². The third kappa shape index (κ3) is 3.97. The first-order chi connectivity index (χ1) is 18.1. The summed E-state index contributed by atoms with van der Waals surface area (Å²) in [5.41, 5.74) is 5.24. The molecule has 3 aliphatic rings. The maximum Gasteiger partial charge on any atom is 0.246 e. The highest BCUT2D eigenvalue weighted by atomic mass is 16.5. The number of rotatable bonds is 6. The lowest BCUT2D eigenvalue weighted by Crippen LogP contribution is -2.63. The van der Waals surface area contributed by atoms with Crippen molar-refractivity contribution in [3.63, 3.8) is 0 Å². The first-order valence-electron chi connectivity index (χ1n) is 13.2. The van der Waals surface area contributed by atoms with Crippen molar-refractivity contribution < 1.29 is 19.1 Å². The van der Waals surface area contributed by atoms with Gasteiger partial charge in [0.25, 0.3) is 0 Å². The Kier molecular flexibility index (Phi) is 6.14. The van der Waals surface area contributed by atoms with E-state index in [0.29, 0.717) is 24.5 Å². The molecule has 3 heterocycles. The van der Waals surface area contributed by atoms with Gasteiger partial charge in [-0.05, 0) is 49.8 Å². The van der Waals surface area contributed by atoms with Gasteiger partial charge in [-0.3, -0.25) is 9.59 Å². The van der Waals surface area contributed by atoms with Crippen molar-refractivity contribution >= 4 is 22.7 Å². The van der Waals surface area contributed by atoms with Crippen molar-refractivity contribution in [1.82, 2.24) is 14.8 Å². The Hall–Kier alpha value is -3.74. The zero-order valence-corrected chi connectivity index (χ0v) is 21.5. The van der Waals surface area contributed by atoms with E-state index in [9.17, 15) is 9.59 Å². The molecule has 7 heteroatoms. The molecule has 1 fully saturated rings. The van der Waals surface area contributed by atoms with Crippen molar-refractivity contribution in [3.8, 4) is 11.5 Å². The fourth-order valence-corrected chi connectivity index (χ4v) is 6.37. The van der Waals surface area contributed by atoms with E-state index in [1.807, 2.05) is 36.4 Å². The Labute approximate surface area is 217 Å². The molecule has 0 spiro atoms. The molecule has 0 bridgehead atoms. The fraction of sp³-hybridized carbons (Fsp3) is 0.400. The summed E-state index contributed by atoms with van der Waals surface area (Å²) in [5, 5.41) is 1.09. The summed E-state index contributed by atoms with van der Waals surface area (Å²) in [6.07, 6.45) is 8.32. The number of piperazine rings is 1. The number of nitrogens with zero attached hydrogens (tertiary/aromatic N) is 2. The normalized spacial score (nSPS) is 21.5. The number of ether oxygens (including phenoxy) is 2. The molecule has 1 aliphatic carbocycles. The molecule has 1 unspecified atom stereocenters. The highest BCUT2D eigenvalue weighted by Crippen LogP contribution is 2.47. The number of carbonyl (C=O) groups is 2. The second kappa shape index (κ2) is 9.61. The average Bonchev–Trinajstić information content (AvgIpc) is 3.31. The minimum absolute atomic E-state index is 0.0267. The van der Waals surface area contributed by atoms with Gasteiger partial charge in [0, 0.05) is 35.1 Å². The zero-order valence-electron chi connectivity index (χ0n) is 21.5. The zero-order chi connectivity index (χ0) is 25.5. The van der Waals surface area contributed by atoms with Crippen LogP contribution in [-0.4, -0.2) is 59.9 Å². The van der Waals surface area contributed by atoms with Crippen molar-refractivity contribution in [1.29, 1.82) is 0 Å². The molecule has 0 saturated carbocycles. The second-order valence-corrected chi connectivity index (χ2v) is 10.2. The molecule has 6 rings (SSSR count). The van der Waals surface area contributed by atoms with Crippen molar-refractivity contribution in [2.24, 2.45) is 0 Å². The van der Waals surface area contributed by atoms with Crippen LogP contribution >= 0.6 is 0 Å². The molecular weight excluding hydrogens is 466 g/mol. The number of aromatic nitrogens is 1. The summed E-state index contributed by atoms with van der Waals surface area (Å²) >= 11 is 0.